The Hall–Kier alpha value is -2.93. The van der Waals surface area contributed by atoms with Crippen molar-refractivity contribution in [3.05, 3.63) is 57.9 Å². The zero-order valence-corrected chi connectivity index (χ0v) is 22.0. The molecule has 2 aromatic rings. The molecule has 0 radical (unpaired) electrons. The Kier molecular flexibility index (Phi) is 8.54. The molecule has 1 aromatic carbocycles. The molecule has 7 nitrogen and oxygen atoms in total. The molecule has 35 heavy (non-hydrogen) atoms. The van der Waals surface area contributed by atoms with Crippen LogP contribution in [0.4, 0.5) is 0 Å². The van der Waals surface area contributed by atoms with E-state index in [1.165, 1.54) is 5.56 Å². The first kappa shape index (κ1) is 26.7. The molecule has 0 saturated heterocycles. The summed E-state index contributed by atoms with van der Waals surface area (Å²) in [6.45, 7) is 9.25. The van der Waals surface area contributed by atoms with Gasteiger partial charge in [-0.15, -0.1) is 0 Å². The lowest BCUT2D eigenvalue weighted by atomic mass is 9.75. The number of carbonyl (C=O) groups excluding carboxylic acids is 3. The molecule has 1 aliphatic carbocycles. The van der Waals surface area contributed by atoms with E-state index in [0.717, 1.165) is 37.1 Å². The number of aromatic nitrogens is 1. The third kappa shape index (κ3) is 6.82. The van der Waals surface area contributed by atoms with Crippen molar-refractivity contribution < 1.29 is 14.4 Å². The summed E-state index contributed by atoms with van der Waals surface area (Å²) < 4.78 is 0. The van der Waals surface area contributed by atoms with E-state index in [0.29, 0.717) is 36.2 Å². The monoisotopic (exact) mass is 480 g/mol. The van der Waals surface area contributed by atoms with Gasteiger partial charge in [-0.05, 0) is 56.0 Å². The van der Waals surface area contributed by atoms with Crippen molar-refractivity contribution in [1.82, 2.24) is 20.5 Å². The summed E-state index contributed by atoms with van der Waals surface area (Å²) in [5.41, 5.74) is 4.60. The second kappa shape index (κ2) is 11.2. The molecule has 1 unspecified atom stereocenters. The Bertz CT molecular complexity index is 1070. The van der Waals surface area contributed by atoms with E-state index >= 15 is 0 Å². The van der Waals surface area contributed by atoms with E-state index in [-0.39, 0.29) is 23.0 Å². The van der Waals surface area contributed by atoms with Crippen LogP contribution in [-0.4, -0.2) is 47.6 Å². The highest BCUT2D eigenvalue weighted by atomic mass is 16.2. The van der Waals surface area contributed by atoms with Crippen molar-refractivity contribution >= 4 is 17.6 Å². The molecule has 1 aliphatic rings. The summed E-state index contributed by atoms with van der Waals surface area (Å²) in [7, 11) is 4.06. The smallest absolute Gasteiger partial charge is 0.268 e. The van der Waals surface area contributed by atoms with Crippen LogP contribution >= 0.6 is 0 Å². The number of nitrogens with zero attached hydrogens (tertiary/aromatic N) is 1. The van der Waals surface area contributed by atoms with Crippen molar-refractivity contribution in [3.63, 3.8) is 0 Å². The molecular formula is C28H40N4O3. The summed E-state index contributed by atoms with van der Waals surface area (Å²) in [5.74, 6) is -0.469. The summed E-state index contributed by atoms with van der Waals surface area (Å²) in [5, 5.41) is 5.90. The molecule has 190 valence electrons. The predicted octanol–water partition coefficient (Wildman–Crippen LogP) is 4.14. The van der Waals surface area contributed by atoms with Crippen LogP contribution < -0.4 is 10.6 Å². The first-order valence-corrected chi connectivity index (χ1v) is 12.6. The maximum absolute atomic E-state index is 13.2. The van der Waals surface area contributed by atoms with E-state index in [1.54, 1.807) is 0 Å². The van der Waals surface area contributed by atoms with Gasteiger partial charge in [0.1, 0.15) is 11.7 Å². The number of benzene rings is 1. The number of hydrogen-bond donors (Lipinski definition) is 3. The molecule has 0 aliphatic heterocycles. The number of unbranched alkanes of at least 4 members (excludes halogenated alkanes) is 1. The minimum absolute atomic E-state index is 0.0703. The van der Waals surface area contributed by atoms with Gasteiger partial charge < -0.3 is 20.5 Å². The minimum Gasteiger partial charge on any atom is -0.354 e. The lowest BCUT2D eigenvalue weighted by Gasteiger charge is -2.28. The predicted molar refractivity (Wildman–Crippen MR) is 138 cm³/mol. The molecule has 3 rings (SSSR count). The third-order valence-corrected chi connectivity index (χ3v) is 6.58. The molecule has 3 N–H and O–H groups in total. The molecule has 0 saturated carbocycles. The van der Waals surface area contributed by atoms with E-state index in [1.807, 2.05) is 33.2 Å². The first-order chi connectivity index (χ1) is 16.5. The molecule has 0 fully saturated rings. The maximum atomic E-state index is 13.2. The Morgan fingerprint density at radius 1 is 1.11 bits per heavy atom. The van der Waals surface area contributed by atoms with Crippen LogP contribution in [0, 0.1) is 12.3 Å². The van der Waals surface area contributed by atoms with Gasteiger partial charge in [0, 0.05) is 30.8 Å². The molecule has 0 bridgehead atoms. The second-order valence-electron chi connectivity index (χ2n) is 10.9. The number of Topliss-reactive ketones (excluding diaryl/α,β-unsaturated/α-hetero) is 1. The van der Waals surface area contributed by atoms with Gasteiger partial charge in [-0.25, -0.2) is 0 Å². The minimum atomic E-state index is -0.637. The van der Waals surface area contributed by atoms with Crippen molar-refractivity contribution in [2.24, 2.45) is 5.41 Å². The zero-order chi connectivity index (χ0) is 25.8. The van der Waals surface area contributed by atoms with Crippen molar-refractivity contribution in [1.29, 1.82) is 0 Å². The number of fused-ring (bicyclic) bond motifs is 1. The van der Waals surface area contributed by atoms with Crippen molar-refractivity contribution in [2.75, 3.05) is 14.1 Å². The van der Waals surface area contributed by atoms with Gasteiger partial charge in [0.2, 0.25) is 5.91 Å². The Morgan fingerprint density at radius 3 is 2.40 bits per heavy atom. The zero-order valence-electron chi connectivity index (χ0n) is 22.0. The lowest BCUT2D eigenvalue weighted by molar-refractivity contribution is -0.123. The quantitative estimate of drug-likeness (QED) is 0.476. The van der Waals surface area contributed by atoms with Crippen LogP contribution in [0.5, 0.6) is 0 Å². The van der Waals surface area contributed by atoms with Crippen molar-refractivity contribution in [2.45, 2.75) is 78.9 Å². The first-order valence-electron chi connectivity index (χ1n) is 12.6. The molecule has 1 aromatic heterocycles. The number of H-pyrrole nitrogens is 1. The Morgan fingerprint density at radius 2 is 1.77 bits per heavy atom. The van der Waals surface area contributed by atoms with E-state index in [2.05, 4.69) is 53.4 Å². The standard InChI is InChI=1S/C28H40N4O3/c1-7-8-9-21(26(34)29-16-19-10-12-20(13-11-19)17-32(5)6)31-27(35)25-18(2)24-22(30-25)14-28(3,4)15-23(24)33/h10-13,21,30H,7-9,14-17H2,1-6H3,(H,29,34)(H,31,35). The fourth-order valence-corrected chi connectivity index (χ4v) is 4.81. The van der Waals surface area contributed by atoms with Crippen LogP contribution in [0.3, 0.4) is 0 Å². The molecule has 2 amide bonds. The molecular weight excluding hydrogens is 440 g/mol. The number of rotatable bonds is 10. The summed E-state index contributed by atoms with van der Waals surface area (Å²) in [6, 6.07) is 7.53. The van der Waals surface area contributed by atoms with E-state index < -0.39 is 6.04 Å². The summed E-state index contributed by atoms with van der Waals surface area (Å²) >= 11 is 0. The second-order valence-corrected chi connectivity index (χ2v) is 10.9. The van der Waals surface area contributed by atoms with Gasteiger partial charge in [-0.3, -0.25) is 14.4 Å². The number of carbonyl (C=O) groups is 3. The highest BCUT2D eigenvalue weighted by Gasteiger charge is 2.35. The van der Waals surface area contributed by atoms with Crippen LogP contribution in [0.15, 0.2) is 24.3 Å². The summed E-state index contributed by atoms with van der Waals surface area (Å²) in [4.78, 5) is 44.2. The average molecular weight is 481 g/mol. The third-order valence-electron chi connectivity index (χ3n) is 6.58. The van der Waals surface area contributed by atoms with Gasteiger partial charge in [0.05, 0.1) is 0 Å². The molecule has 1 atom stereocenters. The number of hydrogen-bond acceptors (Lipinski definition) is 4. The lowest BCUT2D eigenvalue weighted by Crippen LogP contribution is -2.46. The summed E-state index contributed by atoms with van der Waals surface area (Å²) in [6.07, 6.45) is 3.49. The van der Waals surface area contributed by atoms with Gasteiger partial charge in [-0.1, -0.05) is 57.9 Å². The SMILES string of the molecule is CCCCC(NC(=O)c1[nH]c2c(c1C)C(=O)CC(C)(C)C2)C(=O)NCc1ccc(CN(C)C)cc1. The van der Waals surface area contributed by atoms with Gasteiger partial charge in [0.15, 0.2) is 5.78 Å². The van der Waals surface area contributed by atoms with Crippen LogP contribution in [0.1, 0.15) is 89.7 Å². The normalized spacial score (nSPS) is 15.6. The maximum Gasteiger partial charge on any atom is 0.268 e. The molecule has 1 heterocycles. The molecule has 0 spiro atoms. The number of nitrogens with one attached hydrogen (secondary N) is 3. The van der Waals surface area contributed by atoms with Gasteiger partial charge in [0.25, 0.3) is 5.91 Å². The number of aromatic amines is 1. The van der Waals surface area contributed by atoms with Crippen LogP contribution in [0.2, 0.25) is 0 Å². The Balaban J connectivity index is 1.68. The number of amides is 2. The average Bonchev–Trinajstić information content (AvgIpc) is 3.10. The fourth-order valence-electron chi connectivity index (χ4n) is 4.81. The van der Waals surface area contributed by atoms with E-state index in [9.17, 15) is 14.4 Å². The topological polar surface area (TPSA) is 94.3 Å². The number of ketones is 1. The van der Waals surface area contributed by atoms with Crippen LogP contribution in [-0.2, 0) is 24.3 Å². The van der Waals surface area contributed by atoms with Gasteiger partial charge in [-0.2, -0.15) is 0 Å². The highest BCUT2D eigenvalue weighted by molar-refractivity contribution is 6.05. The molecule has 7 heteroatoms. The van der Waals surface area contributed by atoms with Crippen molar-refractivity contribution in [3.8, 4) is 0 Å². The van der Waals surface area contributed by atoms with Crippen LogP contribution in [0.25, 0.3) is 0 Å². The van der Waals surface area contributed by atoms with Gasteiger partial charge >= 0.3 is 0 Å². The largest absolute Gasteiger partial charge is 0.354 e. The highest BCUT2D eigenvalue weighted by Crippen LogP contribution is 2.36. The Labute approximate surface area is 209 Å². The van der Waals surface area contributed by atoms with E-state index in [4.69, 9.17) is 0 Å². The fraction of sp³-hybridized carbons (Fsp3) is 0.536.